The number of thiophene rings is 1. The Bertz CT molecular complexity index is 4180. The summed E-state index contributed by atoms with van der Waals surface area (Å²) in [6.45, 7) is -2.45. The van der Waals surface area contributed by atoms with E-state index in [0.29, 0.717) is 22.5 Å². The van der Waals surface area contributed by atoms with Crippen LogP contribution in [0.25, 0.3) is 143 Å². The second kappa shape index (κ2) is 15.3. The van der Waals surface area contributed by atoms with E-state index >= 15 is 0 Å². The first-order valence-corrected chi connectivity index (χ1v) is 23.9. The van der Waals surface area contributed by atoms with Crippen LogP contribution in [0.3, 0.4) is 0 Å². The first-order valence-electron chi connectivity index (χ1n) is 24.6. The van der Waals surface area contributed by atoms with Gasteiger partial charge in [0, 0.05) is 47.2 Å². The monoisotopic (exact) mass is 883 g/mol. The molecule has 0 amide bonds. The van der Waals surface area contributed by atoms with Gasteiger partial charge in [-0.05, 0) is 131 Å². The fraction of sp³-hybridized carbons (Fsp3) is 0.0154. The molecule has 0 unspecified atom stereocenters. The van der Waals surface area contributed by atoms with Gasteiger partial charge in [-0.1, -0.05) is 194 Å². The highest BCUT2D eigenvalue weighted by molar-refractivity contribution is 7.26. The molecule has 0 atom stereocenters. The molecular formula is C65H40N2S. The average molecular weight is 884 g/mol. The number of nitrogens with zero attached hydrogens (tertiary/aromatic N) is 2. The van der Waals surface area contributed by atoms with Crippen molar-refractivity contribution in [3.8, 4) is 123 Å². The molecule has 10 aromatic carbocycles. The van der Waals surface area contributed by atoms with E-state index in [9.17, 15) is 4.11 Å². The molecule has 0 saturated heterocycles. The Hall–Kier alpha value is -8.50. The number of fused-ring (bicyclic) bond motifs is 19. The third-order valence-electron chi connectivity index (χ3n) is 14.1. The van der Waals surface area contributed by atoms with Crippen LogP contribution in [-0.2, 0) is 0 Å². The Morgan fingerprint density at radius 1 is 0.338 bits per heavy atom. The molecule has 316 valence electrons. The maximum Gasteiger partial charge on any atom is 0.161 e. The minimum atomic E-state index is -2.45. The zero-order valence-corrected chi connectivity index (χ0v) is 37.5. The lowest BCUT2D eigenvalue weighted by Crippen LogP contribution is -2.02. The lowest BCUT2D eigenvalue weighted by atomic mass is 9.79. The van der Waals surface area contributed by atoms with E-state index in [1.165, 1.54) is 32.2 Å². The third-order valence-corrected chi connectivity index (χ3v) is 15.3. The molecule has 14 rings (SSSR count). The molecule has 0 radical (unpaired) electrons. The zero-order valence-electron chi connectivity index (χ0n) is 39.7. The number of aromatic nitrogens is 2. The van der Waals surface area contributed by atoms with Gasteiger partial charge in [0.05, 0.1) is 5.69 Å². The Balaban J connectivity index is 0.960. The molecular weight excluding hydrogens is 841 g/mol. The molecule has 2 aromatic heterocycles. The Morgan fingerprint density at radius 3 is 1.28 bits per heavy atom. The maximum absolute atomic E-state index is 9.24. The molecule has 0 N–H and O–H groups in total. The number of benzene rings is 10. The standard InChI is InChI=1S/C65H40N2S/c1-39-42(40-32-34-53-48-20-5-4-18-46(48)44-16-2-3-17-45(44)47-19-6-8-23-51(47)59(53)36-40)27-14-28-43(39)41-33-35-54-60(37-41)52-24-9-7-21-49(52)50-22-10-11-26-56(50)63-61(54)38-66-65(67-63)58-30-15-29-57-55-25-12-13-31-62(55)68-64(57)58/h2-38H,1H3/i1D3. The molecule has 0 saturated carbocycles. The van der Waals surface area contributed by atoms with Crippen molar-refractivity contribution < 1.29 is 4.11 Å². The minimum absolute atomic E-state index is 0.318. The summed E-state index contributed by atoms with van der Waals surface area (Å²) in [7, 11) is 0. The van der Waals surface area contributed by atoms with Gasteiger partial charge in [0.15, 0.2) is 5.82 Å². The van der Waals surface area contributed by atoms with Gasteiger partial charge in [-0.15, -0.1) is 11.3 Å². The highest BCUT2D eigenvalue weighted by Crippen LogP contribution is 2.51. The quantitative estimate of drug-likeness (QED) is 0.177. The van der Waals surface area contributed by atoms with Crippen LogP contribution in [0.5, 0.6) is 0 Å². The predicted octanol–water partition coefficient (Wildman–Crippen LogP) is 18.1. The highest BCUT2D eigenvalue weighted by atomic mass is 32.1. The van der Waals surface area contributed by atoms with Crippen molar-refractivity contribution in [2.45, 2.75) is 6.85 Å². The summed E-state index contributed by atoms with van der Waals surface area (Å²) < 4.78 is 30.1. The first kappa shape index (κ1) is 35.7. The summed E-state index contributed by atoms with van der Waals surface area (Å²) in [6, 6.07) is 76.6. The van der Waals surface area contributed by atoms with E-state index in [2.05, 4.69) is 200 Å². The predicted molar refractivity (Wildman–Crippen MR) is 287 cm³/mol. The van der Waals surface area contributed by atoms with Crippen molar-refractivity contribution >= 4 is 31.5 Å². The van der Waals surface area contributed by atoms with Crippen LogP contribution in [0.15, 0.2) is 225 Å². The fourth-order valence-corrected chi connectivity index (χ4v) is 12.2. The zero-order chi connectivity index (χ0) is 47.4. The van der Waals surface area contributed by atoms with E-state index in [-0.39, 0.29) is 0 Å². The normalized spacial score (nSPS) is 12.7. The Labute approximate surface area is 403 Å². The molecule has 0 spiro atoms. The highest BCUT2D eigenvalue weighted by Gasteiger charge is 2.26. The first-order chi connectivity index (χ1) is 34.9. The van der Waals surface area contributed by atoms with Crippen LogP contribution in [0.4, 0.5) is 0 Å². The fourth-order valence-electron chi connectivity index (χ4n) is 10.9. The van der Waals surface area contributed by atoms with Crippen molar-refractivity contribution in [1.82, 2.24) is 9.97 Å². The van der Waals surface area contributed by atoms with Gasteiger partial charge in [-0.3, -0.25) is 0 Å². The lowest BCUT2D eigenvalue weighted by Gasteiger charge is -2.24. The third kappa shape index (κ3) is 5.89. The minimum Gasteiger partial charge on any atom is -0.236 e. The average Bonchev–Trinajstić information content (AvgIpc) is 3.81. The summed E-state index contributed by atoms with van der Waals surface area (Å²) >= 11 is 1.77. The Kier molecular flexibility index (Phi) is 8.03. The van der Waals surface area contributed by atoms with E-state index < -0.39 is 6.85 Å². The maximum atomic E-state index is 9.24. The Morgan fingerprint density at radius 2 is 0.735 bits per heavy atom. The number of rotatable bonds is 3. The van der Waals surface area contributed by atoms with Gasteiger partial charge in [0.1, 0.15) is 0 Å². The van der Waals surface area contributed by atoms with Crippen LogP contribution >= 0.6 is 11.3 Å². The summed E-state index contributed by atoms with van der Waals surface area (Å²) in [6.07, 6.45) is 1.98. The van der Waals surface area contributed by atoms with Gasteiger partial charge >= 0.3 is 0 Å². The van der Waals surface area contributed by atoms with Crippen molar-refractivity contribution in [2.24, 2.45) is 0 Å². The molecule has 12 aromatic rings. The largest absolute Gasteiger partial charge is 0.236 e. The number of hydrogen-bond acceptors (Lipinski definition) is 3. The van der Waals surface area contributed by atoms with Crippen molar-refractivity contribution in [3.63, 3.8) is 0 Å². The van der Waals surface area contributed by atoms with Gasteiger partial charge in [-0.2, -0.15) is 0 Å². The molecule has 0 aliphatic heterocycles. The second-order valence-corrected chi connectivity index (χ2v) is 18.8. The molecule has 2 aliphatic carbocycles. The van der Waals surface area contributed by atoms with Crippen molar-refractivity contribution in [1.29, 1.82) is 0 Å². The van der Waals surface area contributed by atoms with Gasteiger partial charge < -0.3 is 0 Å². The van der Waals surface area contributed by atoms with Crippen LogP contribution in [0.1, 0.15) is 9.68 Å². The van der Waals surface area contributed by atoms with Gasteiger partial charge in [0.25, 0.3) is 0 Å². The van der Waals surface area contributed by atoms with Crippen LogP contribution in [0.2, 0.25) is 0 Å². The molecule has 2 nitrogen and oxygen atoms in total. The van der Waals surface area contributed by atoms with E-state index in [1.54, 1.807) is 11.3 Å². The molecule has 68 heavy (non-hydrogen) atoms. The van der Waals surface area contributed by atoms with Gasteiger partial charge in [0.2, 0.25) is 0 Å². The molecule has 0 fully saturated rings. The van der Waals surface area contributed by atoms with Crippen LogP contribution in [0, 0.1) is 6.85 Å². The molecule has 2 heterocycles. The smallest absolute Gasteiger partial charge is 0.161 e. The summed E-state index contributed by atoms with van der Waals surface area (Å²) in [5.41, 5.74) is 21.4. The van der Waals surface area contributed by atoms with Crippen LogP contribution in [-0.4, -0.2) is 9.97 Å². The molecule has 2 aliphatic rings. The van der Waals surface area contributed by atoms with Crippen molar-refractivity contribution in [3.05, 3.63) is 230 Å². The molecule has 3 heteroatoms. The molecule has 0 bridgehead atoms. The van der Waals surface area contributed by atoms with Crippen molar-refractivity contribution in [2.75, 3.05) is 0 Å². The summed E-state index contributed by atoms with van der Waals surface area (Å²) in [5, 5.41) is 2.43. The van der Waals surface area contributed by atoms with Gasteiger partial charge in [-0.25, -0.2) is 9.97 Å². The SMILES string of the molecule is [2H]C([2H])([2H])c1c(-c2ccc3c(c2)-c2ccccc2-c2ccccc2-c2ccccc2-3)cccc1-c1ccc2c(c1)-c1ccccc1-c1ccccc1-c1nc(-c3cccc4c3sc3ccccc34)ncc1-2. The topological polar surface area (TPSA) is 25.8 Å². The van der Waals surface area contributed by atoms with E-state index in [0.717, 1.165) is 93.8 Å². The van der Waals surface area contributed by atoms with E-state index in [4.69, 9.17) is 9.97 Å². The van der Waals surface area contributed by atoms with Crippen LogP contribution < -0.4 is 0 Å². The second-order valence-electron chi connectivity index (χ2n) is 17.7. The van der Waals surface area contributed by atoms with E-state index in [1.807, 2.05) is 24.4 Å². The summed E-state index contributed by atoms with van der Waals surface area (Å²) in [4.78, 5) is 10.6. The lowest BCUT2D eigenvalue weighted by molar-refractivity contribution is 1.19. The summed E-state index contributed by atoms with van der Waals surface area (Å²) in [5.74, 6) is 0.674. The number of hydrogen-bond donors (Lipinski definition) is 0.